The first-order valence-corrected chi connectivity index (χ1v) is 17.4. The van der Waals surface area contributed by atoms with E-state index in [-0.39, 0.29) is 24.3 Å². The monoisotopic (exact) mass is 740 g/mol. The number of halogens is 3. The molecule has 1 aliphatic rings. The average Bonchev–Trinajstić information content (AvgIpc) is 3.03. The van der Waals surface area contributed by atoms with Crippen LogP contribution in [0.1, 0.15) is 77.3 Å². The number of pyridine rings is 1. The SMILES string of the molecule is COCc1cc2ccc(C=CC(C)(C)C(=O)NC(C(=O)NC(C)C(=O)N3CCCC(C(=O)OCC(Cl)(Cl)Cl)C3)C(C)C)cc2nc1C(C)O. The Balaban J connectivity index is 1.65. The van der Waals surface area contributed by atoms with Gasteiger partial charge in [0.05, 0.1) is 35.3 Å². The van der Waals surface area contributed by atoms with E-state index in [0.717, 1.165) is 16.5 Å². The summed E-state index contributed by atoms with van der Waals surface area (Å²) in [5.41, 5.74) is 1.85. The number of rotatable bonds is 13. The number of esters is 1. The minimum absolute atomic E-state index is 0.118. The van der Waals surface area contributed by atoms with Gasteiger partial charge < -0.3 is 30.1 Å². The fourth-order valence-electron chi connectivity index (χ4n) is 5.50. The molecule has 0 saturated carbocycles. The van der Waals surface area contributed by atoms with Crippen molar-refractivity contribution in [2.45, 2.75) is 83.0 Å². The van der Waals surface area contributed by atoms with Gasteiger partial charge in [-0.2, -0.15) is 0 Å². The Morgan fingerprint density at radius 2 is 1.80 bits per heavy atom. The Kier molecular flexibility index (Phi) is 14.3. The zero-order chi connectivity index (χ0) is 36.7. The molecule has 0 spiro atoms. The summed E-state index contributed by atoms with van der Waals surface area (Å²) in [5.74, 6) is -2.64. The van der Waals surface area contributed by atoms with Crippen molar-refractivity contribution < 1.29 is 33.8 Å². The van der Waals surface area contributed by atoms with Crippen molar-refractivity contribution in [3.05, 3.63) is 47.2 Å². The number of aliphatic hydroxyl groups excluding tert-OH is 1. The molecule has 2 heterocycles. The van der Waals surface area contributed by atoms with E-state index in [1.54, 1.807) is 54.7 Å². The molecule has 4 atom stereocenters. The van der Waals surface area contributed by atoms with Gasteiger partial charge in [0.25, 0.3) is 0 Å². The molecule has 3 amide bonds. The lowest BCUT2D eigenvalue weighted by Crippen LogP contribution is -2.57. The highest BCUT2D eigenvalue weighted by Gasteiger charge is 2.35. The highest BCUT2D eigenvalue weighted by Crippen LogP contribution is 2.28. The Morgan fingerprint density at radius 1 is 1.10 bits per heavy atom. The molecule has 0 radical (unpaired) electrons. The van der Waals surface area contributed by atoms with Gasteiger partial charge >= 0.3 is 5.97 Å². The fraction of sp³-hybridized carbons (Fsp3) is 0.571. The van der Waals surface area contributed by atoms with E-state index in [1.807, 2.05) is 30.3 Å². The summed E-state index contributed by atoms with van der Waals surface area (Å²) in [5, 5.41) is 16.7. The molecular formula is C35H47Cl3N4O7. The number of hydrogen-bond donors (Lipinski definition) is 3. The van der Waals surface area contributed by atoms with Crippen LogP contribution >= 0.6 is 34.8 Å². The first kappa shape index (κ1) is 40.5. The van der Waals surface area contributed by atoms with Crippen molar-refractivity contribution >= 4 is 75.5 Å². The third kappa shape index (κ3) is 11.5. The highest BCUT2D eigenvalue weighted by atomic mass is 35.6. The van der Waals surface area contributed by atoms with Crippen LogP contribution in [0.5, 0.6) is 0 Å². The number of nitrogens with one attached hydrogen (secondary N) is 2. The van der Waals surface area contributed by atoms with Crippen LogP contribution in [-0.4, -0.2) is 81.4 Å². The summed E-state index contributed by atoms with van der Waals surface area (Å²) in [6.45, 7) is 10.8. The lowest BCUT2D eigenvalue weighted by atomic mass is 9.89. The maximum atomic E-state index is 13.5. The van der Waals surface area contributed by atoms with E-state index in [2.05, 4.69) is 15.6 Å². The normalized spacial score (nSPS) is 17.6. The molecule has 270 valence electrons. The molecule has 1 aromatic carbocycles. The highest BCUT2D eigenvalue weighted by molar-refractivity contribution is 6.67. The second-order valence-corrected chi connectivity index (χ2v) is 15.9. The number of carbonyl (C=O) groups is 4. The van der Waals surface area contributed by atoms with Gasteiger partial charge in [-0.15, -0.1) is 0 Å². The van der Waals surface area contributed by atoms with Gasteiger partial charge in [0.15, 0.2) is 0 Å². The summed E-state index contributed by atoms with van der Waals surface area (Å²) >= 11 is 17.0. The van der Waals surface area contributed by atoms with E-state index >= 15 is 0 Å². The molecule has 0 bridgehead atoms. The molecule has 3 rings (SSSR count). The molecule has 1 saturated heterocycles. The summed E-state index contributed by atoms with van der Waals surface area (Å²) in [4.78, 5) is 58.8. The maximum Gasteiger partial charge on any atom is 0.310 e. The molecule has 2 aromatic rings. The molecule has 1 aromatic heterocycles. The largest absolute Gasteiger partial charge is 0.461 e. The van der Waals surface area contributed by atoms with Crippen LogP contribution in [-0.2, 0) is 35.3 Å². The van der Waals surface area contributed by atoms with Crippen LogP contribution in [0.3, 0.4) is 0 Å². The molecule has 0 aliphatic carbocycles. The quantitative estimate of drug-likeness (QED) is 0.186. The van der Waals surface area contributed by atoms with Gasteiger partial charge in [0, 0.05) is 31.1 Å². The van der Waals surface area contributed by atoms with Gasteiger partial charge in [0.2, 0.25) is 21.5 Å². The molecule has 11 nitrogen and oxygen atoms in total. The van der Waals surface area contributed by atoms with Crippen LogP contribution < -0.4 is 10.6 Å². The number of piperidine rings is 1. The molecule has 4 unspecified atom stereocenters. The number of aromatic nitrogens is 1. The van der Waals surface area contributed by atoms with Crippen LogP contribution in [0.2, 0.25) is 0 Å². The Morgan fingerprint density at radius 3 is 2.41 bits per heavy atom. The van der Waals surface area contributed by atoms with Crippen molar-refractivity contribution in [3.63, 3.8) is 0 Å². The predicted molar refractivity (Wildman–Crippen MR) is 191 cm³/mol. The minimum atomic E-state index is -1.73. The maximum absolute atomic E-state index is 13.5. The second kappa shape index (κ2) is 17.3. The van der Waals surface area contributed by atoms with Crippen molar-refractivity contribution in [1.29, 1.82) is 0 Å². The van der Waals surface area contributed by atoms with Crippen LogP contribution in [0, 0.1) is 17.3 Å². The molecule has 1 fully saturated rings. The molecular weight excluding hydrogens is 695 g/mol. The number of ether oxygens (including phenoxy) is 2. The van der Waals surface area contributed by atoms with Gasteiger partial charge in [0.1, 0.15) is 18.7 Å². The first-order chi connectivity index (χ1) is 22.8. The first-order valence-electron chi connectivity index (χ1n) is 16.3. The minimum Gasteiger partial charge on any atom is -0.461 e. The van der Waals surface area contributed by atoms with E-state index < -0.39 is 51.8 Å². The van der Waals surface area contributed by atoms with Crippen molar-refractivity contribution in [2.75, 3.05) is 26.8 Å². The average molecular weight is 742 g/mol. The molecule has 14 heteroatoms. The van der Waals surface area contributed by atoms with Gasteiger partial charge in [-0.3, -0.25) is 19.2 Å². The van der Waals surface area contributed by atoms with Gasteiger partial charge in [-0.05, 0) is 64.2 Å². The van der Waals surface area contributed by atoms with E-state index in [1.165, 1.54) is 4.90 Å². The number of alkyl halides is 3. The topological polar surface area (TPSA) is 147 Å². The standard InChI is InChI=1S/C35H47Cl3N4O7/c1-20(2)28(30(44)39-21(3)31(45)42-14-8-9-25(17-42)32(46)49-19-35(36,37)38)41-33(47)34(5,6)13-12-23-10-11-24-16-26(18-48-7)29(22(4)43)40-27(24)15-23/h10-13,15-16,20-22,25,28,43H,8-9,14,17-19H2,1-7H3,(H,39,44)(H,41,47). The lowest BCUT2D eigenvalue weighted by molar-refractivity contribution is -0.152. The number of nitrogens with zero attached hydrogens (tertiary/aromatic N) is 2. The Hall–Kier alpha value is -2.96. The Bertz CT molecular complexity index is 1540. The van der Waals surface area contributed by atoms with E-state index in [9.17, 15) is 24.3 Å². The zero-order valence-corrected chi connectivity index (χ0v) is 31.3. The summed E-state index contributed by atoms with van der Waals surface area (Å²) < 4.78 is 8.63. The number of methoxy groups -OCH3 is 1. The van der Waals surface area contributed by atoms with E-state index in [0.29, 0.717) is 37.2 Å². The summed E-state index contributed by atoms with van der Waals surface area (Å²) in [6, 6.07) is 5.84. The lowest BCUT2D eigenvalue weighted by Gasteiger charge is -2.34. The third-order valence-corrected chi connectivity index (χ3v) is 8.66. The predicted octanol–water partition coefficient (Wildman–Crippen LogP) is 5.27. The zero-order valence-electron chi connectivity index (χ0n) is 29.0. The van der Waals surface area contributed by atoms with Crippen molar-refractivity contribution in [2.24, 2.45) is 17.3 Å². The fourth-order valence-corrected chi connectivity index (χ4v) is 5.66. The van der Waals surface area contributed by atoms with Gasteiger partial charge in [-0.1, -0.05) is 72.9 Å². The number of carbonyl (C=O) groups excluding carboxylic acids is 4. The van der Waals surface area contributed by atoms with Crippen LogP contribution in [0.15, 0.2) is 30.3 Å². The molecule has 49 heavy (non-hydrogen) atoms. The number of likely N-dealkylation sites (tertiary alicyclic amines) is 1. The van der Waals surface area contributed by atoms with Crippen molar-refractivity contribution in [3.8, 4) is 0 Å². The van der Waals surface area contributed by atoms with Crippen LogP contribution in [0.25, 0.3) is 17.0 Å². The molecule has 1 aliphatic heterocycles. The molecule has 3 N–H and O–H groups in total. The van der Waals surface area contributed by atoms with Gasteiger partial charge in [-0.25, -0.2) is 4.98 Å². The van der Waals surface area contributed by atoms with Crippen molar-refractivity contribution in [1.82, 2.24) is 20.5 Å². The smallest absolute Gasteiger partial charge is 0.310 e. The second-order valence-electron chi connectivity index (χ2n) is 13.4. The number of benzene rings is 1. The third-order valence-electron chi connectivity index (χ3n) is 8.34. The Labute approximate surface area is 303 Å². The summed E-state index contributed by atoms with van der Waals surface area (Å²) in [6.07, 6.45) is 3.90. The number of fused-ring (bicyclic) bond motifs is 1. The summed E-state index contributed by atoms with van der Waals surface area (Å²) in [7, 11) is 1.59. The van der Waals surface area contributed by atoms with Crippen LogP contribution in [0.4, 0.5) is 0 Å². The number of hydrogen-bond acceptors (Lipinski definition) is 8. The number of aliphatic hydroxyl groups is 1. The number of amides is 3. The van der Waals surface area contributed by atoms with E-state index in [4.69, 9.17) is 44.3 Å².